The van der Waals surface area contributed by atoms with Crippen molar-refractivity contribution in [2.45, 2.75) is 6.18 Å². The van der Waals surface area contributed by atoms with Crippen molar-refractivity contribution in [1.29, 1.82) is 0 Å². The number of phenols is 1. The number of hydrogen-bond acceptors (Lipinski definition) is 5. The van der Waals surface area contributed by atoms with E-state index >= 15 is 0 Å². The van der Waals surface area contributed by atoms with Gasteiger partial charge in [-0.05, 0) is 36.4 Å². The van der Waals surface area contributed by atoms with Crippen LogP contribution in [0.25, 0.3) is 6.08 Å². The van der Waals surface area contributed by atoms with Crippen LogP contribution in [0.15, 0.2) is 47.4 Å². The fraction of sp³-hybridized carbons (Fsp3) is 0.105. The number of amides is 2. The van der Waals surface area contributed by atoms with Crippen molar-refractivity contribution in [2.24, 2.45) is 0 Å². The number of aromatic hydroxyl groups is 1. The summed E-state index contributed by atoms with van der Waals surface area (Å²) in [6.07, 6.45) is -3.27. The molecule has 0 radical (unpaired) electrons. The average molecular weight is 473 g/mol. The first-order valence-electron chi connectivity index (χ1n) is 8.26. The van der Waals surface area contributed by atoms with Gasteiger partial charge in [0.05, 0.1) is 16.2 Å². The number of alkyl halides is 3. The van der Waals surface area contributed by atoms with Gasteiger partial charge < -0.3 is 10.4 Å². The maximum absolute atomic E-state index is 13.1. The quantitative estimate of drug-likeness (QED) is 0.489. The lowest BCUT2D eigenvalue weighted by molar-refractivity contribution is -0.137. The number of phenolic OH excluding ortho intramolecular Hbond substituents is 1. The molecule has 2 aromatic carbocycles. The Bertz CT molecular complexity index is 1070. The molecule has 5 nitrogen and oxygen atoms in total. The number of hydrogen-bond donors (Lipinski definition) is 2. The summed E-state index contributed by atoms with van der Waals surface area (Å²) >= 11 is 11.9. The van der Waals surface area contributed by atoms with Crippen molar-refractivity contribution in [3.8, 4) is 5.75 Å². The molecule has 2 amide bonds. The Morgan fingerprint density at radius 2 is 1.97 bits per heavy atom. The van der Waals surface area contributed by atoms with Crippen LogP contribution in [0, 0.1) is 0 Å². The second kappa shape index (κ2) is 8.66. The Labute approximate surface area is 183 Å². The van der Waals surface area contributed by atoms with Crippen LogP contribution in [-0.2, 0) is 15.8 Å². The molecular weight excluding hydrogens is 461 g/mol. The van der Waals surface area contributed by atoms with Gasteiger partial charge in [0.25, 0.3) is 5.91 Å². The van der Waals surface area contributed by atoms with Gasteiger partial charge in [-0.2, -0.15) is 13.2 Å². The number of halogens is 4. The van der Waals surface area contributed by atoms with E-state index in [0.717, 1.165) is 28.8 Å². The maximum atomic E-state index is 13.1. The second-order valence-corrected chi connectivity index (χ2v) is 8.17. The van der Waals surface area contributed by atoms with E-state index < -0.39 is 35.8 Å². The number of thioether (sulfide) groups is 1. The third kappa shape index (κ3) is 4.94. The van der Waals surface area contributed by atoms with E-state index in [1.54, 1.807) is 0 Å². The highest BCUT2D eigenvalue weighted by atomic mass is 35.5. The molecule has 0 unspecified atom stereocenters. The zero-order valence-electron chi connectivity index (χ0n) is 14.9. The molecule has 1 fully saturated rings. The summed E-state index contributed by atoms with van der Waals surface area (Å²) in [5.41, 5.74) is -1.13. The fourth-order valence-electron chi connectivity index (χ4n) is 2.59. The highest BCUT2D eigenvalue weighted by Gasteiger charge is 2.36. The number of rotatable bonds is 4. The van der Waals surface area contributed by atoms with Gasteiger partial charge in [-0.1, -0.05) is 47.7 Å². The molecule has 3 rings (SSSR count). The Morgan fingerprint density at radius 3 is 2.67 bits per heavy atom. The number of nitrogens with zero attached hydrogens (tertiary/aromatic N) is 1. The van der Waals surface area contributed by atoms with Gasteiger partial charge in [0.1, 0.15) is 16.6 Å². The Morgan fingerprint density at radius 1 is 1.27 bits per heavy atom. The minimum Gasteiger partial charge on any atom is -0.507 e. The number of nitrogens with one attached hydrogen (secondary N) is 1. The molecule has 2 aromatic rings. The van der Waals surface area contributed by atoms with E-state index in [2.05, 4.69) is 5.32 Å². The Kier molecular flexibility index (Phi) is 6.39. The number of thiocarbonyl (C=S) groups is 1. The zero-order chi connectivity index (χ0) is 22.1. The van der Waals surface area contributed by atoms with Gasteiger partial charge in [-0.3, -0.25) is 14.5 Å². The van der Waals surface area contributed by atoms with Crippen LogP contribution in [0.2, 0.25) is 5.02 Å². The molecule has 1 aliphatic heterocycles. The summed E-state index contributed by atoms with van der Waals surface area (Å²) < 4.78 is 39.3. The standard InChI is InChI=1S/C19H12ClF3N2O3S2/c20-11-5-6-14(26)10(7-11)8-15-17(28)25(18(29)30-15)9-16(27)24-13-4-2-1-3-12(13)19(21,22)23/h1-8,26H,9H2,(H,24,27)/b15-8-. The molecule has 0 aliphatic carbocycles. The van der Waals surface area contributed by atoms with Crippen LogP contribution in [0.4, 0.5) is 18.9 Å². The summed E-state index contributed by atoms with van der Waals surface area (Å²) in [4.78, 5) is 26.0. The molecule has 2 N–H and O–H groups in total. The third-order valence-corrected chi connectivity index (χ3v) is 5.57. The van der Waals surface area contributed by atoms with E-state index in [0.29, 0.717) is 5.02 Å². The highest BCUT2D eigenvalue weighted by Crippen LogP contribution is 2.36. The monoisotopic (exact) mass is 472 g/mol. The Balaban J connectivity index is 1.76. The molecule has 11 heteroatoms. The summed E-state index contributed by atoms with van der Waals surface area (Å²) in [5, 5.41) is 12.4. The third-order valence-electron chi connectivity index (χ3n) is 3.96. The first-order chi connectivity index (χ1) is 14.1. The number of anilines is 1. The lowest BCUT2D eigenvalue weighted by atomic mass is 10.1. The van der Waals surface area contributed by atoms with Crippen molar-refractivity contribution < 1.29 is 27.9 Å². The van der Waals surface area contributed by atoms with Gasteiger partial charge in [0.15, 0.2) is 0 Å². The number of carbonyl (C=O) groups is 2. The van der Waals surface area contributed by atoms with Crippen LogP contribution in [0.3, 0.4) is 0 Å². The molecule has 156 valence electrons. The summed E-state index contributed by atoms with van der Waals surface area (Å²) in [7, 11) is 0. The predicted octanol–water partition coefficient (Wildman–Crippen LogP) is 4.90. The first kappa shape index (κ1) is 22.1. The van der Waals surface area contributed by atoms with Crippen LogP contribution in [-0.4, -0.2) is 32.7 Å². The molecule has 1 saturated heterocycles. The summed E-state index contributed by atoms with van der Waals surface area (Å²) in [6, 6.07) is 8.80. The largest absolute Gasteiger partial charge is 0.507 e. The molecule has 1 heterocycles. The average Bonchev–Trinajstić information content (AvgIpc) is 2.91. The van der Waals surface area contributed by atoms with E-state index in [1.807, 2.05) is 0 Å². The molecular formula is C19H12ClF3N2O3S2. The lowest BCUT2D eigenvalue weighted by Gasteiger charge is -2.16. The van der Waals surface area contributed by atoms with Gasteiger partial charge in [0, 0.05) is 10.6 Å². The van der Waals surface area contributed by atoms with Gasteiger partial charge in [-0.15, -0.1) is 0 Å². The number of carbonyl (C=O) groups excluding carboxylic acids is 2. The molecule has 1 aliphatic rings. The zero-order valence-corrected chi connectivity index (χ0v) is 17.3. The molecule has 0 bridgehead atoms. The lowest BCUT2D eigenvalue weighted by Crippen LogP contribution is -2.36. The molecule has 0 aromatic heterocycles. The topological polar surface area (TPSA) is 69.6 Å². The van der Waals surface area contributed by atoms with Crippen LogP contribution >= 0.6 is 35.6 Å². The number of benzene rings is 2. The van der Waals surface area contributed by atoms with E-state index in [-0.39, 0.29) is 20.5 Å². The predicted molar refractivity (Wildman–Crippen MR) is 113 cm³/mol. The minimum absolute atomic E-state index is 0.0621. The minimum atomic E-state index is -4.65. The van der Waals surface area contributed by atoms with Gasteiger partial charge in [0.2, 0.25) is 5.91 Å². The SMILES string of the molecule is O=C(CN1C(=O)/C(=C/c2cc(Cl)ccc2O)SC1=S)Nc1ccccc1C(F)(F)F. The van der Waals surface area contributed by atoms with E-state index in [9.17, 15) is 27.9 Å². The van der Waals surface area contributed by atoms with Crippen LogP contribution in [0.5, 0.6) is 5.75 Å². The van der Waals surface area contributed by atoms with Crippen molar-refractivity contribution >= 4 is 63.5 Å². The van der Waals surface area contributed by atoms with Crippen molar-refractivity contribution in [3.63, 3.8) is 0 Å². The summed E-state index contributed by atoms with van der Waals surface area (Å²) in [5.74, 6) is -1.55. The highest BCUT2D eigenvalue weighted by molar-refractivity contribution is 8.26. The van der Waals surface area contributed by atoms with Crippen LogP contribution < -0.4 is 5.32 Å². The summed E-state index contributed by atoms with van der Waals surface area (Å²) in [6.45, 7) is -0.560. The molecule has 0 spiro atoms. The molecule has 0 saturated carbocycles. The smallest absolute Gasteiger partial charge is 0.418 e. The van der Waals surface area contributed by atoms with E-state index in [1.165, 1.54) is 36.4 Å². The molecule has 0 atom stereocenters. The maximum Gasteiger partial charge on any atom is 0.418 e. The van der Waals surface area contributed by atoms with Gasteiger partial charge >= 0.3 is 6.18 Å². The van der Waals surface area contributed by atoms with Crippen molar-refractivity contribution in [1.82, 2.24) is 4.90 Å². The first-order valence-corrected chi connectivity index (χ1v) is 9.86. The Hall–Kier alpha value is -2.56. The van der Waals surface area contributed by atoms with Gasteiger partial charge in [-0.25, -0.2) is 0 Å². The van der Waals surface area contributed by atoms with E-state index in [4.69, 9.17) is 23.8 Å². The molecule has 30 heavy (non-hydrogen) atoms. The number of para-hydroxylation sites is 1. The van der Waals surface area contributed by atoms with Crippen molar-refractivity contribution in [2.75, 3.05) is 11.9 Å². The fourth-order valence-corrected chi connectivity index (χ4v) is 4.02. The normalized spacial score (nSPS) is 15.7. The van der Waals surface area contributed by atoms with Crippen molar-refractivity contribution in [3.05, 3.63) is 63.5 Å². The van der Waals surface area contributed by atoms with Crippen LogP contribution in [0.1, 0.15) is 11.1 Å². The second-order valence-electron chi connectivity index (χ2n) is 6.06.